The van der Waals surface area contributed by atoms with Gasteiger partial charge >= 0.3 is 5.97 Å². The lowest BCUT2D eigenvalue weighted by Gasteiger charge is -2.23. The first kappa shape index (κ1) is 19.2. The lowest BCUT2D eigenvalue weighted by Crippen LogP contribution is -2.31. The maximum atomic E-state index is 12.6. The molecule has 2 aromatic rings. The monoisotopic (exact) mass is 393 g/mol. The fourth-order valence-electron chi connectivity index (χ4n) is 3.79. The van der Waals surface area contributed by atoms with Crippen molar-refractivity contribution in [3.63, 3.8) is 0 Å². The van der Waals surface area contributed by atoms with E-state index in [-0.39, 0.29) is 23.9 Å². The van der Waals surface area contributed by atoms with Gasteiger partial charge in [-0.1, -0.05) is 18.6 Å². The van der Waals surface area contributed by atoms with Gasteiger partial charge in [-0.15, -0.1) is 0 Å². The van der Waals surface area contributed by atoms with Gasteiger partial charge in [0.25, 0.3) is 11.8 Å². The zero-order valence-corrected chi connectivity index (χ0v) is 16.3. The zero-order valence-electron chi connectivity index (χ0n) is 16.3. The number of esters is 1. The summed E-state index contributed by atoms with van der Waals surface area (Å²) in [6.07, 6.45) is 4.44. The first-order valence-corrected chi connectivity index (χ1v) is 9.99. The Morgan fingerprint density at radius 2 is 1.52 bits per heavy atom. The van der Waals surface area contributed by atoms with Gasteiger partial charge in [-0.05, 0) is 69.0 Å². The molecule has 1 atom stereocenters. The van der Waals surface area contributed by atoms with E-state index in [0.29, 0.717) is 22.6 Å². The van der Waals surface area contributed by atoms with Crippen molar-refractivity contribution in [1.29, 1.82) is 0 Å². The van der Waals surface area contributed by atoms with Crippen LogP contribution in [0.1, 0.15) is 59.7 Å². The number of carbonyl (C=O) groups is 3. The minimum absolute atomic E-state index is 0.0153. The summed E-state index contributed by atoms with van der Waals surface area (Å²) in [4.78, 5) is 38.5. The molecule has 4 rings (SSSR count). The number of ether oxygens (including phenoxy) is 2. The topological polar surface area (TPSA) is 72.9 Å². The minimum Gasteiger partial charge on any atom is -0.479 e. The fraction of sp³-hybridized carbons (Fsp3) is 0.348. The SMILES string of the molecule is C[C@H](Oc1ccc(N2C(=O)c3ccccc3C2=O)cc1)C(=O)OC1CCCCC1. The molecule has 1 saturated carbocycles. The van der Waals surface area contributed by atoms with E-state index < -0.39 is 6.10 Å². The van der Waals surface area contributed by atoms with Gasteiger partial charge in [0.15, 0.2) is 6.10 Å². The molecule has 6 heteroatoms. The van der Waals surface area contributed by atoms with Gasteiger partial charge in [0, 0.05) is 0 Å². The average molecular weight is 393 g/mol. The van der Waals surface area contributed by atoms with Crippen molar-refractivity contribution in [1.82, 2.24) is 0 Å². The van der Waals surface area contributed by atoms with Crippen LogP contribution in [0.5, 0.6) is 5.75 Å². The molecule has 0 aromatic heterocycles. The van der Waals surface area contributed by atoms with E-state index in [1.54, 1.807) is 55.5 Å². The van der Waals surface area contributed by atoms with Crippen LogP contribution < -0.4 is 9.64 Å². The standard InChI is InChI=1S/C23H23NO5/c1-15(23(27)29-17-7-3-2-4-8-17)28-18-13-11-16(12-14-18)24-21(25)19-9-5-6-10-20(19)22(24)26/h5-6,9-15,17H,2-4,7-8H2,1H3/t15-/m0/s1. The lowest BCUT2D eigenvalue weighted by atomic mass is 9.98. The maximum absolute atomic E-state index is 12.6. The molecule has 1 aliphatic heterocycles. The van der Waals surface area contributed by atoms with E-state index in [4.69, 9.17) is 9.47 Å². The second-order valence-corrected chi connectivity index (χ2v) is 7.44. The fourth-order valence-corrected chi connectivity index (χ4v) is 3.79. The summed E-state index contributed by atoms with van der Waals surface area (Å²) in [5.74, 6) is -0.591. The van der Waals surface area contributed by atoms with Crippen LogP contribution in [0.25, 0.3) is 0 Å². The van der Waals surface area contributed by atoms with Gasteiger partial charge in [-0.3, -0.25) is 9.59 Å². The van der Waals surface area contributed by atoms with E-state index in [0.717, 1.165) is 30.6 Å². The van der Waals surface area contributed by atoms with Gasteiger partial charge in [-0.2, -0.15) is 0 Å². The molecule has 29 heavy (non-hydrogen) atoms. The average Bonchev–Trinajstić information content (AvgIpc) is 3.00. The van der Waals surface area contributed by atoms with Crippen molar-refractivity contribution >= 4 is 23.5 Å². The van der Waals surface area contributed by atoms with E-state index in [1.165, 1.54) is 6.42 Å². The van der Waals surface area contributed by atoms with Gasteiger partial charge < -0.3 is 9.47 Å². The quantitative estimate of drug-likeness (QED) is 0.564. The Bertz CT molecular complexity index is 896. The smallest absolute Gasteiger partial charge is 0.347 e. The normalized spacial score (nSPS) is 17.8. The van der Waals surface area contributed by atoms with Gasteiger partial charge in [-0.25, -0.2) is 9.69 Å². The van der Waals surface area contributed by atoms with Crippen molar-refractivity contribution in [2.45, 2.75) is 51.2 Å². The number of rotatable bonds is 5. The Kier molecular flexibility index (Phi) is 5.34. The molecule has 2 aliphatic rings. The zero-order chi connectivity index (χ0) is 20.4. The van der Waals surface area contributed by atoms with Gasteiger partial charge in [0.2, 0.25) is 0 Å². The largest absolute Gasteiger partial charge is 0.479 e. The number of nitrogens with zero attached hydrogens (tertiary/aromatic N) is 1. The molecule has 0 N–H and O–H groups in total. The molecule has 1 fully saturated rings. The van der Waals surface area contributed by atoms with Crippen LogP contribution in [0, 0.1) is 0 Å². The molecular weight excluding hydrogens is 370 g/mol. The Morgan fingerprint density at radius 1 is 0.931 bits per heavy atom. The highest BCUT2D eigenvalue weighted by molar-refractivity contribution is 6.34. The number of anilines is 1. The van der Waals surface area contributed by atoms with Gasteiger partial charge in [0.1, 0.15) is 11.9 Å². The lowest BCUT2D eigenvalue weighted by molar-refractivity contribution is -0.158. The highest BCUT2D eigenvalue weighted by Crippen LogP contribution is 2.29. The molecule has 0 spiro atoms. The number of carbonyl (C=O) groups excluding carboxylic acids is 3. The number of fused-ring (bicyclic) bond motifs is 1. The van der Waals surface area contributed by atoms with Crippen LogP contribution in [-0.4, -0.2) is 30.0 Å². The van der Waals surface area contributed by atoms with Crippen LogP contribution in [-0.2, 0) is 9.53 Å². The molecule has 1 heterocycles. The Balaban J connectivity index is 1.40. The van der Waals surface area contributed by atoms with Crippen molar-refractivity contribution in [3.8, 4) is 5.75 Å². The van der Waals surface area contributed by atoms with Crippen LogP contribution >= 0.6 is 0 Å². The van der Waals surface area contributed by atoms with Crippen molar-refractivity contribution in [3.05, 3.63) is 59.7 Å². The van der Waals surface area contributed by atoms with Crippen LogP contribution in [0.15, 0.2) is 48.5 Å². The van der Waals surface area contributed by atoms with E-state index in [2.05, 4.69) is 0 Å². The third-order valence-corrected chi connectivity index (χ3v) is 5.37. The van der Waals surface area contributed by atoms with Crippen molar-refractivity contribution < 1.29 is 23.9 Å². The Morgan fingerprint density at radius 3 is 2.10 bits per heavy atom. The molecule has 2 amide bonds. The molecule has 0 radical (unpaired) electrons. The number of amides is 2. The Hall–Kier alpha value is -3.15. The summed E-state index contributed by atoms with van der Waals surface area (Å²) in [5, 5.41) is 0. The summed E-state index contributed by atoms with van der Waals surface area (Å²) in [7, 11) is 0. The molecule has 0 unspecified atom stereocenters. The van der Waals surface area contributed by atoms with E-state index >= 15 is 0 Å². The van der Waals surface area contributed by atoms with Crippen molar-refractivity contribution in [2.24, 2.45) is 0 Å². The summed E-state index contributed by atoms with van der Waals surface area (Å²) >= 11 is 0. The predicted molar refractivity (Wildman–Crippen MR) is 107 cm³/mol. The summed E-state index contributed by atoms with van der Waals surface area (Å²) in [6, 6.07) is 13.3. The van der Waals surface area contributed by atoms with Crippen LogP contribution in [0.2, 0.25) is 0 Å². The molecule has 2 aromatic carbocycles. The maximum Gasteiger partial charge on any atom is 0.347 e. The second kappa shape index (κ2) is 8.07. The predicted octanol–water partition coefficient (Wildman–Crippen LogP) is 4.13. The Labute approximate surface area is 169 Å². The first-order chi connectivity index (χ1) is 14.0. The van der Waals surface area contributed by atoms with Crippen LogP contribution in [0.3, 0.4) is 0 Å². The second-order valence-electron chi connectivity index (χ2n) is 7.44. The van der Waals surface area contributed by atoms with Crippen LogP contribution in [0.4, 0.5) is 5.69 Å². The minimum atomic E-state index is -0.734. The highest BCUT2D eigenvalue weighted by Gasteiger charge is 2.36. The molecule has 0 saturated heterocycles. The van der Waals surface area contributed by atoms with E-state index in [1.807, 2.05) is 0 Å². The van der Waals surface area contributed by atoms with E-state index in [9.17, 15) is 14.4 Å². The molecule has 0 bridgehead atoms. The number of imide groups is 1. The first-order valence-electron chi connectivity index (χ1n) is 9.99. The highest BCUT2D eigenvalue weighted by atomic mass is 16.6. The third kappa shape index (κ3) is 3.88. The molecular formula is C23H23NO5. The summed E-state index contributed by atoms with van der Waals surface area (Å²) in [5.41, 5.74) is 1.26. The number of hydrogen-bond acceptors (Lipinski definition) is 5. The molecule has 6 nitrogen and oxygen atoms in total. The number of hydrogen-bond donors (Lipinski definition) is 0. The summed E-state index contributed by atoms with van der Waals surface area (Å²) in [6.45, 7) is 1.66. The molecule has 1 aliphatic carbocycles. The molecule has 150 valence electrons. The van der Waals surface area contributed by atoms with Crippen molar-refractivity contribution in [2.75, 3.05) is 4.90 Å². The third-order valence-electron chi connectivity index (χ3n) is 5.37. The summed E-state index contributed by atoms with van der Waals surface area (Å²) < 4.78 is 11.2. The number of benzene rings is 2. The van der Waals surface area contributed by atoms with Gasteiger partial charge in [0.05, 0.1) is 16.8 Å².